The van der Waals surface area contributed by atoms with E-state index < -0.39 is 21.6 Å². The molecule has 0 bridgehead atoms. The lowest BCUT2D eigenvalue weighted by molar-refractivity contribution is -0.111. The fraction of sp³-hybridized carbons (Fsp3) is 0.286. The minimum atomic E-state index is -0.884. The van der Waals surface area contributed by atoms with Gasteiger partial charge in [-0.15, -0.1) is 0 Å². The predicted octanol–water partition coefficient (Wildman–Crippen LogP) is 1.19. The Labute approximate surface area is 88.2 Å². The molecule has 1 heterocycles. The van der Waals surface area contributed by atoms with Crippen molar-refractivity contribution in [3.05, 3.63) is 27.4 Å². The van der Waals surface area contributed by atoms with E-state index in [1.54, 1.807) is 0 Å². The van der Waals surface area contributed by atoms with Crippen LogP contribution in [0.15, 0.2) is 11.0 Å². The first-order valence-corrected chi connectivity index (χ1v) is 4.37. The van der Waals surface area contributed by atoms with Crippen molar-refractivity contribution in [3.8, 4) is 0 Å². The molecule has 0 aromatic carbocycles. The molecule has 7 heteroatoms. The third kappa shape index (κ3) is 2.52. The molecular formula is C7H5Cl2FN2O2. The molecule has 0 aliphatic rings. The summed E-state index contributed by atoms with van der Waals surface area (Å²) in [6, 6.07) is 0. The number of rotatable bonds is 3. The Kier molecular flexibility index (Phi) is 3.60. The van der Waals surface area contributed by atoms with E-state index in [4.69, 9.17) is 23.2 Å². The van der Waals surface area contributed by atoms with Crippen molar-refractivity contribution in [2.75, 3.05) is 0 Å². The summed E-state index contributed by atoms with van der Waals surface area (Å²) < 4.78 is 13.5. The minimum absolute atomic E-state index is 0.0127. The van der Waals surface area contributed by atoms with Crippen molar-refractivity contribution in [2.24, 2.45) is 0 Å². The first kappa shape index (κ1) is 11.1. The van der Waals surface area contributed by atoms with Gasteiger partial charge in [0, 0.05) is 6.42 Å². The molecule has 1 rings (SSSR count). The van der Waals surface area contributed by atoms with Crippen LogP contribution in [0.5, 0.6) is 0 Å². The number of aromatic nitrogens is 2. The molecule has 0 fully saturated rings. The maximum absolute atomic E-state index is 12.7. The smallest absolute Gasteiger partial charge is 0.281 e. The lowest BCUT2D eigenvalue weighted by atomic mass is 10.4. The molecule has 0 N–H and O–H groups in total. The Balaban J connectivity index is 2.95. The highest BCUT2D eigenvalue weighted by Gasteiger charge is 2.08. The Bertz CT molecular complexity index is 419. The number of hydrogen-bond donors (Lipinski definition) is 0. The standard InChI is InChI=1S/C7H5Cl2FN2O2/c8-5(13)1-2-12-7(14)6(9)4(10)3-11-12/h3H,1-2H2. The molecule has 0 saturated heterocycles. The molecule has 1 aromatic rings. The van der Waals surface area contributed by atoms with Gasteiger partial charge in [-0.1, -0.05) is 11.6 Å². The van der Waals surface area contributed by atoms with Gasteiger partial charge in [-0.05, 0) is 11.6 Å². The van der Waals surface area contributed by atoms with E-state index in [-0.39, 0.29) is 13.0 Å². The Morgan fingerprint density at radius 2 is 2.29 bits per heavy atom. The summed E-state index contributed by atoms with van der Waals surface area (Å²) in [5.41, 5.74) is -0.774. The lowest BCUT2D eigenvalue weighted by Crippen LogP contribution is -2.24. The third-order valence-electron chi connectivity index (χ3n) is 1.46. The molecule has 76 valence electrons. The summed E-state index contributed by atoms with van der Waals surface area (Å²) in [4.78, 5) is 21.6. The van der Waals surface area contributed by atoms with Crippen molar-refractivity contribution >= 4 is 28.4 Å². The SMILES string of the molecule is O=C(Cl)CCn1ncc(F)c(Cl)c1=O. The molecule has 4 nitrogen and oxygen atoms in total. The van der Waals surface area contributed by atoms with Gasteiger partial charge < -0.3 is 0 Å². The third-order valence-corrected chi connectivity index (χ3v) is 1.99. The number of carbonyl (C=O) groups is 1. The lowest BCUT2D eigenvalue weighted by Gasteiger charge is -2.01. The van der Waals surface area contributed by atoms with E-state index in [1.807, 2.05) is 0 Å². The van der Waals surface area contributed by atoms with Gasteiger partial charge in [0.15, 0.2) is 5.82 Å². The second-order valence-corrected chi connectivity index (χ2v) is 3.24. The number of halogens is 3. The van der Waals surface area contributed by atoms with Crippen LogP contribution in [0.2, 0.25) is 5.02 Å². The first-order chi connectivity index (χ1) is 6.52. The van der Waals surface area contributed by atoms with Crippen LogP contribution in [-0.2, 0) is 11.3 Å². The van der Waals surface area contributed by atoms with Gasteiger partial charge in [0.25, 0.3) is 5.56 Å². The molecule has 1 aromatic heterocycles. The molecule has 0 spiro atoms. The van der Waals surface area contributed by atoms with Crippen LogP contribution in [0.25, 0.3) is 0 Å². The zero-order chi connectivity index (χ0) is 10.7. The molecular weight excluding hydrogens is 234 g/mol. The zero-order valence-electron chi connectivity index (χ0n) is 6.84. The molecule has 0 atom stereocenters. The summed E-state index contributed by atoms with van der Waals surface area (Å²) in [6.45, 7) is -0.0127. The number of nitrogens with zero attached hydrogens (tertiary/aromatic N) is 2. The van der Waals surface area contributed by atoms with E-state index in [1.165, 1.54) is 0 Å². The van der Waals surface area contributed by atoms with Crippen molar-refractivity contribution < 1.29 is 9.18 Å². The fourth-order valence-electron chi connectivity index (χ4n) is 0.798. The molecule has 14 heavy (non-hydrogen) atoms. The first-order valence-electron chi connectivity index (χ1n) is 3.62. The highest BCUT2D eigenvalue weighted by Crippen LogP contribution is 2.05. The Morgan fingerprint density at radius 1 is 1.64 bits per heavy atom. The van der Waals surface area contributed by atoms with Gasteiger partial charge in [0.05, 0.1) is 12.7 Å². The van der Waals surface area contributed by atoms with E-state index >= 15 is 0 Å². The number of carbonyl (C=O) groups excluding carboxylic acids is 1. The van der Waals surface area contributed by atoms with Crippen molar-refractivity contribution in [1.82, 2.24) is 9.78 Å². The van der Waals surface area contributed by atoms with E-state index in [9.17, 15) is 14.0 Å². The van der Waals surface area contributed by atoms with Gasteiger partial charge in [0.1, 0.15) is 5.02 Å². The van der Waals surface area contributed by atoms with Gasteiger partial charge >= 0.3 is 0 Å². The monoisotopic (exact) mass is 238 g/mol. The summed E-state index contributed by atoms with van der Waals surface area (Å²) in [5.74, 6) is -0.884. The second kappa shape index (κ2) is 4.52. The minimum Gasteiger partial charge on any atom is -0.281 e. The highest BCUT2D eigenvalue weighted by atomic mass is 35.5. The largest absolute Gasteiger partial charge is 0.288 e. The number of hydrogen-bond acceptors (Lipinski definition) is 3. The zero-order valence-corrected chi connectivity index (χ0v) is 8.35. The summed E-state index contributed by atoms with van der Waals surface area (Å²) >= 11 is 10.4. The van der Waals surface area contributed by atoms with E-state index in [0.717, 1.165) is 10.9 Å². The average Bonchev–Trinajstić information content (AvgIpc) is 2.13. The van der Waals surface area contributed by atoms with E-state index in [2.05, 4.69) is 5.10 Å². The average molecular weight is 239 g/mol. The summed E-state index contributed by atoms with van der Waals surface area (Å²) in [5, 5.41) is 2.31. The summed E-state index contributed by atoms with van der Waals surface area (Å²) in [7, 11) is 0. The molecule has 0 saturated carbocycles. The van der Waals surface area contributed by atoms with Gasteiger partial charge in [-0.2, -0.15) is 5.10 Å². The maximum Gasteiger partial charge on any atom is 0.288 e. The second-order valence-electron chi connectivity index (χ2n) is 2.44. The molecule has 0 aliphatic heterocycles. The number of aryl methyl sites for hydroxylation is 1. The quantitative estimate of drug-likeness (QED) is 0.744. The van der Waals surface area contributed by atoms with Crippen LogP contribution in [-0.4, -0.2) is 15.0 Å². The van der Waals surface area contributed by atoms with Crippen LogP contribution in [0.1, 0.15) is 6.42 Å². The maximum atomic E-state index is 12.7. The predicted molar refractivity (Wildman–Crippen MR) is 48.9 cm³/mol. The molecule has 0 amide bonds. The van der Waals surface area contributed by atoms with Gasteiger partial charge in [-0.3, -0.25) is 9.59 Å². The highest BCUT2D eigenvalue weighted by molar-refractivity contribution is 6.63. The van der Waals surface area contributed by atoms with Gasteiger partial charge in [0.2, 0.25) is 5.24 Å². The van der Waals surface area contributed by atoms with Crippen molar-refractivity contribution in [1.29, 1.82) is 0 Å². The molecule has 0 aliphatic carbocycles. The van der Waals surface area contributed by atoms with Gasteiger partial charge in [-0.25, -0.2) is 9.07 Å². The topological polar surface area (TPSA) is 52.0 Å². The van der Waals surface area contributed by atoms with E-state index in [0.29, 0.717) is 0 Å². The Hall–Kier alpha value is -0.940. The van der Waals surface area contributed by atoms with Crippen LogP contribution in [0, 0.1) is 5.82 Å². The van der Waals surface area contributed by atoms with Crippen LogP contribution in [0.4, 0.5) is 4.39 Å². The van der Waals surface area contributed by atoms with Crippen LogP contribution >= 0.6 is 23.2 Å². The summed E-state index contributed by atoms with van der Waals surface area (Å²) in [6.07, 6.45) is 0.749. The Morgan fingerprint density at radius 3 is 2.86 bits per heavy atom. The van der Waals surface area contributed by atoms with Crippen molar-refractivity contribution in [2.45, 2.75) is 13.0 Å². The normalized spacial score (nSPS) is 10.2. The van der Waals surface area contributed by atoms with Crippen molar-refractivity contribution in [3.63, 3.8) is 0 Å². The van der Waals surface area contributed by atoms with Crippen LogP contribution < -0.4 is 5.56 Å². The fourth-order valence-corrected chi connectivity index (χ4v) is 1.03. The molecule has 0 radical (unpaired) electrons. The molecule has 0 unspecified atom stereocenters. The van der Waals surface area contributed by atoms with Crippen LogP contribution in [0.3, 0.4) is 0 Å².